The van der Waals surface area contributed by atoms with Crippen LogP contribution in [-0.2, 0) is 4.79 Å². The van der Waals surface area contributed by atoms with Gasteiger partial charge in [0.2, 0.25) is 11.0 Å². The van der Waals surface area contributed by atoms with Gasteiger partial charge in [-0.3, -0.25) is 14.9 Å². The second kappa shape index (κ2) is 8.00. The van der Waals surface area contributed by atoms with Gasteiger partial charge in [0.05, 0.1) is 7.11 Å². The summed E-state index contributed by atoms with van der Waals surface area (Å²) in [5, 5.41) is 12.2. The van der Waals surface area contributed by atoms with Crippen molar-refractivity contribution in [2.75, 3.05) is 23.9 Å². The van der Waals surface area contributed by atoms with Crippen LogP contribution < -0.4 is 15.0 Å². The summed E-state index contributed by atoms with van der Waals surface area (Å²) in [5.74, 6) is 0.512. The van der Waals surface area contributed by atoms with Gasteiger partial charge < -0.3 is 9.64 Å². The van der Waals surface area contributed by atoms with Gasteiger partial charge in [-0.15, -0.1) is 10.2 Å². The quantitative estimate of drug-likeness (QED) is 0.697. The highest BCUT2D eigenvalue weighted by atomic mass is 32.1. The van der Waals surface area contributed by atoms with Crippen molar-refractivity contribution in [2.24, 2.45) is 0 Å². The first-order valence-corrected chi connectivity index (χ1v) is 10.0. The molecule has 148 valence electrons. The van der Waals surface area contributed by atoms with Crippen molar-refractivity contribution in [3.63, 3.8) is 0 Å². The molecule has 0 bridgehead atoms. The minimum Gasteiger partial charge on any atom is -0.497 e. The number of nitrogens with one attached hydrogen (secondary N) is 1. The Morgan fingerprint density at radius 3 is 2.55 bits per heavy atom. The molecule has 0 aliphatic carbocycles. The number of nitrogens with zero attached hydrogens (tertiary/aromatic N) is 3. The monoisotopic (exact) mass is 408 g/mol. The summed E-state index contributed by atoms with van der Waals surface area (Å²) in [7, 11) is 1.61. The van der Waals surface area contributed by atoms with Crippen molar-refractivity contribution in [2.45, 2.75) is 19.3 Å². The third-order valence-electron chi connectivity index (χ3n) is 4.83. The normalized spacial score (nSPS) is 16.1. The lowest BCUT2D eigenvalue weighted by Gasteiger charge is -2.16. The van der Waals surface area contributed by atoms with E-state index in [4.69, 9.17) is 4.74 Å². The molecule has 7 nitrogen and oxygen atoms in total. The summed E-state index contributed by atoms with van der Waals surface area (Å²) in [6.07, 6.45) is 0.368. The van der Waals surface area contributed by atoms with Crippen LogP contribution in [0.4, 0.5) is 10.8 Å². The molecule has 2 heterocycles. The van der Waals surface area contributed by atoms with E-state index in [2.05, 4.69) is 15.5 Å². The van der Waals surface area contributed by atoms with Crippen LogP contribution in [0.5, 0.6) is 5.75 Å². The molecule has 1 aromatic heterocycles. The molecule has 0 saturated carbocycles. The molecular weight excluding hydrogens is 388 g/mol. The molecule has 0 spiro atoms. The fourth-order valence-electron chi connectivity index (χ4n) is 3.21. The van der Waals surface area contributed by atoms with E-state index in [1.807, 2.05) is 43.3 Å². The third kappa shape index (κ3) is 4.12. The summed E-state index contributed by atoms with van der Waals surface area (Å²) < 4.78 is 5.17. The predicted octanol–water partition coefficient (Wildman–Crippen LogP) is 3.63. The standard InChI is InChI=1S/C21H20N4O3S/c1-13-3-5-14(6-4-13)19(27)22-21-24-23-20(29-21)15-11-18(26)25(12-15)16-7-9-17(28-2)10-8-16/h3-10,15H,11-12H2,1-2H3,(H,22,24,27). The molecule has 8 heteroatoms. The van der Waals surface area contributed by atoms with Crippen LogP contribution in [0.15, 0.2) is 48.5 Å². The van der Waals surface area contributed by atoms with Gasteiger partial charge in [-0.05, 0) is 43.3 Å². The second-order valence-electron chi connectivity index (χ2n) is 6.87. The highest BCUT2D eigenvalue weighted by Crippen LogP contribution is 2.34. The number of anilines is 2. The zero-order chi connectivity index (χ0) is 20.4. The number of aromatic nitrogens is 2. The SMILES string of the molecule is COc1ccc(N2CC(c3nnc(NC(=O)c4ccc(C)cc4)s3)CC2=O)cc1. The average molecular weight is 408 g/mol. The van der Waals surface area contributed by atoms with Crippen LogP contribution in [-0.4, -0.2) is 35.7 Å². The summed E-state index contributed by atoms with van der Waals surface area (Å²) >= 11 is 1.31. The first-order chi connectivity index (χ1) is 14.0. The third-order valence-corrected chi connectivity index (χ3v) is 5.83. The summed E-state index contributed by atoms with van der Waals surface area (Å²) in [6.45, 7) is 2.50. The maximum absolute atomic E-state index is 12.5. The van der Waals surface area contributed by atoms with E-state index < -0.39 is 0 Å². The Labute approximate surface area is 172 Å². The molecular formula is C21H20N4O3S. The molecule has 29 heavy (non-hydrogen) atoms. The van der Waals surface area contributed by atoms with E-state index >= 15 is 0 Å². The molecule has 1 saturated heterocycles. The topological polar surface area (TPSA) is 84.4 Å². The van der Waals surface area contributed by atoms with Crippen molar-refractivity contribution in [1.82, 2.24) is 10.2 Å². The van der Waals surface area contributed by atoms with Gasteiger partial charge in [0, 0.05) is 30.1 Å². The molecule has 1 aliphatic heterocycles. The van der Waals surface area contributed by atoms with Crippen LogP contribution in [0.2, 0.25) is 0 Å². The van der Waals surface area contributed by atoms with Gasteiger partial charge in [0.1, 0.15) is 10.8 Å². The van der Waals surface area contributed by atoms with E-state index in [1.54, 1.807) is 24.1 Å². The number of methoxy groups -OCH3 is 1. The number of ether oxygens (including phenoxy) is 1. The number of carbonyl (C=O) groups is 2. The lowest BCUT2D eigenvalue weighted by atomic mass is 10.1. The van der Waals surface area contributed by atoms with E-state index in [-0.39, 0.29) is 17.7 Å². The van der Waals surface area contributed by atoms with Crippen molar-refractivity contribution in [3.8, 4) is 5.75 Å². The highest BCUT2D eigenvalue weighted by Gasteiger charge is 2.34. The Morgan fingerprint density at radius 1 is 1.14 bits per heavy atom. The molecule has 1 atom stereocenters. The van der Waals surface area contributed by atoms with Gasteiger partial charge in [0.15, 0.2) is 0 Å². The lowest BCUT2D eigenvalue weighted by molar-refractivity contribution is -0.117. The largest absolute Gasteiger partial charge is 0.497 e. The predicted molar refractivity (Wildman–Crippen MR) is 112 cm³/mol. The van der Waals surface area contributed by atoms with E-state index in [0.29, 0.717) is 23.7 Å². The number of benzene rings is 2. The summed E-state index contributed by atoms with van der Waals surface area (Å²) in [5.41, 5.74) is 2.48. The maximum atomic E-state index is 12.5. The maximum Gasteiger partial charge on any atom is 0.257 e. The Balaban J connectivity index is 1.43. The van der Waals surface area contributed by atoms with Gasteiger partial charge in [0.25, 0.3) is 5.91 Å². The van der Waals surface area contributed by atoms with Crippen LogP contribution in [0.3, 0.4) is 0 Å². The number of aryl methyl sites for hydroxylation is 1. The number of hydrogen-bond donors (Lipinski definition) is 1. The number of hydrogen-bond acceptors (Lipinski definition) is 6. The van der Waals surface area contributed by atoms with Gasteiger partial charge in [-0.2, -0.15) is 0 Å². The van der Waals surface area contributed by atoms with Crippen LogP contribution in [0.25, 0.3) is 0 Å². The lowest BCUT2D eigenvalue weighted by Crippen LogP contribution is -2.24. The molecule has 1 fully saturated rings. The second-order valence-corrected chi connectivity index (χ2v) is 7.88. The molecule has 1 N–H and O–H groups in total. The summed E-state index contributed by atoms with van der Waals surface area (Å²) in [4.78, 5) is 26.6. The van der Waals surface area contributed by atoms with E-state index in [0.717, 1.165) is 22.0 Å². The van der Waals surface area contributed by atoms with Crippen molar-refractivity contribution in [3.05, 3.63) is 64.7 Å². The first kappa shape index (κ1) is 19.1. The van der Waals surface area contributed by atoms with Crippen molar-refractivity contribution in [1.29, 1.82) is 0 Å². The first-order valence-electron chi connectivity index (χ1n) is 9.19. The fourth-order valence-corrected chi connectivity index (χ4v) is 4.04. The van der Waals surface area contributed by atoms with Gasteiger partial charge in [-0.1, -0.05) is 29.0 Å². The molecule has 2 aromatic carbocycles. The average Bonchev–Trinajstić information content (AvgIpc) is 3.35. The van der Waals surface area contributed by atoms with Gasteiger partial charge in [-0.25, -0.2) is 0 Å². The number of amides is 2. The molecule has 2 amide bonds. The molecule has 1 unspecified atom stereocenters. The van der Waals surface area contributed by atoms with Crippen LogP contribution in [0.1, 0.15) is 33.3 Å². The Morgan fingerprint density at radius 2 is 1.86 bits per heavy atom. The molecule has 4 rings (SSSR count). The van der Waals surface area contributed by atoms with Crippen LogP contribution >= 0.6 is 11.3 Å². The highest BCUT2D eigenvalue weighted by molar-refractivity contribution is 7.15. The Bertz CT molecular complexity index is 1030. The molecule has 3 aromatic rings. The smallest absolute Gasteiger partial charge is 0.257 e. The fraction of sp³-hybridized carbons (Fsp3) is 0.238. The Hall–Kier alpha value is -3.26. The molecule has 1 aliphatic rings. The van der Waals surface area contributed by atoms with Gasteiger partial charge >= 0.3 is 0 Å². The minimum absolute atomic E-state index is 0.0422. The van der Waals surface area contributed by atoms with E-state index in [9.17, 15) is 9.59 Å². The number of carbonyl (C=O) groups excluding carboxylic acids is 2. The zero-order valence-corrected chi connectivity index (χ0v) is 16.9. The number of rotatable bonds is 5. The summed E-state index contributed by atoms with van der Waals surface area (Å²) in [6, 6.07) is 14.7. The zero-order valence-electron chi connectivity index (χ0n) is 16.1. The molecule has 0 radical (unpaired) electrons. The Kier molecular flexibility index (Phi) is 5.26. The minimum atomic E-state index is -0.227. The van der Waals surface area contributed by atoms with Crippen molar-refractivity contribution >= 4 is 34.0 Å². The van der Waals surface area contributed by atoms with E-state index in [1.165, 1.54) is 11.3 Å². The van der Waals surface area contributed by atoms with Crippen LogP contribution in [0, 0.1) is 6.92 Å². The van der Waals surface area contributed by atoms with Crippen molar-refractivity contribution < 1.29 is 14.3 Å².